The van der Waals surface area contributed by atoms with Crippen molar-refractivity contribution in [2.45, 2.75) is 52.1 Å². The van der Waals surface area contributed by atoms with Crippen LogP contribution in [0.2, 0.25) is 0 Å². The number of aromatic nitrogens is 3. The predicted molar refractivity (Wildman–Crippen MR) is 109 cm³/mol. The molecule has 0 saturated carbocycles. The standard InChI is InChI=1S/C22H29N5O2/c1-16-14-26(22(29)19-10-12-25(13-11-19)17(2)28)15-21-24-23-20(27(16)21)9-8-18-6-4-3-5-7-18/h3-7,16,19H,8-15H2,1-2H3/t16-/m0/s1. The molecule has 0 spiro atoms. The molecule has 0 unspecified atom stereocenters. The maximum absolute atomic E-state index is 13.1. The largest absolute Gasteiger partial charge is 0.343 e. The Kier molecular flexibility index (Phi) is 5.65. The number of piperidine rings is 1. The van der Waals surface area contributed by atoms with Gasteiger partial charge in [-0.3, -0.25) is 9.59 Å². The van der Waals surface area contributed by atoms with E-state index in [4.69, 9.17) is 0 Å². The summed E-state index contributed by atoms with van der Waals surface area (Å²) >= 11 is 0. The highest BCUT2D eigenvalue weighted by Crippen LogP contribution is 2.26. The van der Waals surface area contributed by atoms with E-state index in [1.54, 1.807) is 6.92 Å². The van der Waals surface area contributed by atoms with Crippen LogP contribution in [0.25, 0.3) is 0 Å². The smallest absolute Gasteiger partial charge is 0.226 e. The first-order chi connectivity index (χ1) is 14.0. The molecule has 2 aliphatic heterocycles. The highest BCUT2D eigenvalue weighted by Gasteiger charge is 2.34. The normalized spacial score (nSPS) is 19.9. The van der Waals surface area contributed by atoms with Crippen molar-refractivity contribution in [2.24, 2.45) is 5.92 Å². The Balaban J connectivity index is 1.39. The van der Waals surface area contributed by atoms with Crippen molar-refractivity contribution >= 4 is 11.8 Å². The van der Waals surface area contributed by atoms with Gasteiger partial charge >= 0.3 is 0 Å². The van der Waals surface area contributed by atoms with Gasteiger partial charge in [0.1, 0.15) is 5.82 Å². The Morgan fingerprint density at radius 1 is 1.03 bits per heavy atom. The van der Waals surface area contributed by atoms with E-state index < -0.39 is 0 Å². The van der Waals surface area contributed by atoms with Gasteiger partial charge in [-0.2, -0.15) is 0 Å². The first-order valence-electron chi connectivity index (χ1n) is 10.5. The average Bonchev–Trinajstić information content (AvgIpc) is 3.16. The van der Waals surface area contributed by atoms with Crippen molar-refractivity contribution in [3.05, 3.63) is 47.5 Å². The number of likely N-dealkylation sites (tertiary alicyclic amines) is 1. The number of benzene rings is 1. The molecule has 0 radical (unpaired) electrons. The molecule has 1 fully saturated rings. The summed E-state index contributed by atoms with van der Waals surface area (Å²) in [7, 11) is 0. The Hall–Kier alpha value is -2.70. The second kappa shape index (κ2) is 8.35. The van der Waals surface area contributed by atoms with E-state index in [2.05, 4.69) is 46.0 Å². The molecule has 2 aromatic rings. The Morgan fingerprint density at radius 2 is 1.76 bits per heavy atom. The van der Waals surface area contributed by atoms with Gasteiger partial charge in [-0.25, -0.2) is 0 Å². The van der Waals surface area contributed by atoms with Crippen LogP contribution in [0.3, 0.4) is 0 Å². The van der Waals surface area contributed by atoms with Crippen LogP contribution in [-0.4, -0.2) is 56.0 Å². The summed E-state index contributed by atoms with van der Waals surface area (Å²) in [5.74, 6) is 2.17. The second-order valence-corrected chi connectivity index (χ2v) is 8.24. The number of rotatable bonds is 4. The van der Waals surface area contributed by atoms with Gasteiger partial charge in [-0.1, -0.05) is 30.3 Å². The zero-order valence-corrected chi connectivity index (χ0v) is 17.3. The molecule has 7 heteroatoms. The molecule has 154 valence electrons. The summed E-state index contributed by atoms with van der Waals surface area (Å²) in [5, 5.41) is 8.83. The monoisotopic (exact) mass is 395 g/mol. The van der Waals surface area contributed by atoms with Crippen molar-refractivity contribution < 1.29 is 9.59 Å². The number of hydrogen-bond acceptors (Lipinski definition) is 4. The van der Waals surface area contributed by atoms with Crippen molar-refractivity contribution in [3.63, 3.8) is 0 Å². The number of nitrogens with zero attached hydrogens (tertiary/aromatic N) is 5. The van der Waals surface area contributed by atoms with Crippen LogP contribution in [0.4, 0.5) is 0 Å². The van der Waals surface area contributed by atoms with Gasteiger partial charge in [0.15, 0.2) is 5.82 Å². The van der Waals surface area contributed by atoms with Gasteiger partial charge < -0.3 is 14.4 Å². The van der Waals surface area contributed by atoms with E-state index in [1.807, 2.05) is 15.9 Å². The van der Waals surface area contributed by atoms with Crippen molar-refractivity contribution in [2.75, 3.05) is 19.6 Å². The van der Waals surface area contributed by atoms with Gasteiger partial charge in [0.25, 0.3) is 0 Å². The van der Waals surface area contributed by atoms with Gasteiger partial charge in [0, 0.05) is 38.9 Å². The lowest BCUT2D eigenvalue weighted by molar-refractivity contribution is -0.141. The molecule has 1 aromatic carbocycles. The third-order valence-electron chi connectivity index (χ3n) is 6.18. The maximum atomic E-state index is 13.1. The number of fused-ring (bicyclic) bond motifs is 1. The molecule has 29 heavy (non-hydrogen) atoms. The molecule has 3 heterocycles. The first kappa shape index (κ1) is 19.6. The fraction of sp³-hybridized carbons (Fsp3) is 0.545. The maximum Gasteiger partial charge on any atom is 0.226 e. The SMILES string of the molecule is CC(=O)N1CCC(C(=O)N2Cc3nnc(CCc4ccccc4)n3[C@@H](C)C2)CC1. The summed E-state index contributed by atoms with van der Waals surface area (Å²) in [6, 6.07) is 10.6. The summed E-state index contributed by atoms with van der Waals surface area (Å²) in [6.07, 6.45) is 3.28. The van der Waals surface area contributed by atoms with Gasteiger partial charge in [-0.15, -0.1) is 10.2 Å². The summed E-state index contributed by atoms with van der Waals surface area (Å²) in [4.78, 5) is 28.3. The Bertz CT molecular complexity index is 871. The molecule has 0 aliphatic carbocycles. The minimum Gasteiger partial charge on any atom is -0.343 e. The first-order valence-corrected chi connectivity index (χ1v) is 10.5. The number of aryl methyl sites for hydroxylation is 2. The van der Waals surface area contributed by atoms with Gasteiger partial charge in [0.2, 0.25) is 11.8 Å². The van der Waals surface area contributed by atoms with E-state index in [0.717, 1.165) is 37.3 Å². The molecule has 2 aliphatic rings. The van der Waals surface area contributed by atoms with Crippen molar-refractivity contribution in [3.8, 4) is 0 Å². The van der Waals surface area contributed by atoms with Gasteiger partial charge in [0.05, 0.1) is 12.6 Å². The van der Waals surface area contributed by atoms with Gasteiger partial charge in [-0.05, 0) is 31.7 Å². The molecule has 1 aromatic heterocycles. The van der Waals surface area contributed by atoms with Crippen LogP contribution in [0, 0.1) is 5.92 Å². The summed E-state index contributed by atoms with van der Waals surface area (Å²) < 4.78 is 2.21. The van der Waals surface area contributed by atoms with E-state index in [9.17, 15) is 9.59 Å². The molecule has 2 amide bonds. The summed E-state index contributed by atoms with van der Waals surface area (Å²) in [6.45, 7) is 6.29. The van der Waals surface area contributed by atoms with Crippen LogP contribution in [0.5, 0.6) is 0 Å². The highest BCUT2D eigenvalue weighted by molar-refractivity contribution is 5.80. The van der Waals surface area contributed by atoms with E-state index in [0.29, 0.717) is 26.2 Å². The third kappa shape index (κ3) is 4.18. The Morgan fingerprint density at radius 3 is 2.45 bits per heavy atom. The molecule has 1 atom stereocenters. The van der Waals surface area contributed by atoms with Crippen molar-refractivity contribution in [1.82, 2.24) is 24.6 Å². The topological polar surface area (TPSA) is 71.3 Å². The van der Waals surface area contributed by atoms with Crippen LogP contribution < -0.4 is 0 Å². The van der Waals surface area contributed by atoms with E-state index in [1.165, 1.54) is 5.56 Å². The van der Waals surface area contributed by atoms with E-state index >= 15 is 0 Å². The third-order valence-corrected chi connectivity index (χ3v) is 6.18. The summed E-state index contributed by atoms with van der Waals surface area (Å²) in [5.41, 5.74) is 1.29. The number of carbonyl (C=O) groups excluding carboxylic acids is 2. The van der Waals surface area contributed by atoms with Crippen molar-refractivity contribution in [1.29, 1.82) is 0 Å². The molecule has 4 rings (SSSR count). The molecular formula is C22H29N5O2. The molecular weight excluding hydrogens is 366 g/mol. The minimum atomic E-state index is 0.00447. The Labute approximate surface area is 171 Å². The minimum absolute atomic E-state index is 0.00447. The molecule has 0 bridgehead atoms. The lowest BCUT2D eigenvalue weighted by Crippen LogP contribution is -2.47. The quantitative estimate of drug-likeness (QED) is 0.796. The van der Waals surface area contributed by atoms with E-state index in [-0.39, 0.29) is 23.8 Å². The number of carbonyl (C=O) groups is 2. The van der Waals surface area contributed by atoms with Crippen LogP contribution in [0.15, 0.2) is 30.3 Å². The van der Waals surface area contributed by atoms with Crippen LogP contribution >= 0.6 is 0 Å². The molecule has 7 nitrogen and oxygen atoms in total. The lowest BCUT2D eigenvalue weighted by atomic mass is 9.94. The van der Waals surface area contributed by atoms with Crippen LogP contribution in [-0.2, 0) is 29.0 Å². The highest BCUT2D eigenvalue weighted by atomic mass is 16.2. The lowest BCUT2D eigenvalue weighted by Gasteiger charge is -2.37. The fourth-order valence-electron chi connectivity index (χ4n) is 4.55. The molecule has 0 N–H and O–H groups in total. The molecule has 1 saturated heterocycles. The fourth-order valence-corrected chi connectivity index (χ4v) is 4.55. The predicted octanol–water partition coefficient (Wildman–Crippen LogP) is 2.22. The second-order valence-electron chi connectivity index (χ2n) is 8.24. The zero-order chi connectivity index (χ0) is 20.4. The average molecular weight is 396 g/mol. The zero-order valence-electron chi connectivity index (χ0n) is 17.3. The van der Waals surface area contributed by atoms with Crippen LogP contribution in [0.1, 0.15) is 49.9 Å². The number of hydrogen-bond donors (Lipinski definition) is 0. The number of amides is 2.